The van der Waals surface area contributed by atoms with Crippen molar-refractivity contribution in [2.45, 2.75) is 13.0 Å². The first-order valence-electron chi connectivity index (χ1n) is 5.82. The summed E-state index contributed by atoms with van der Waals surface area (Å²) in [4.78, 5) is 2.05. The molecule has 1 fully saturated rings. The van der Waals surface area contributed by atoms with Gasteiger partial charge >= 0.3 is 0 Å². The van der Waals surface area contributed by atoms with Gasteiger partial charge in [0.2, 0.25) is 0 Å². The maximum absolute atomic E-state index is 9.13. The van der Waals surface area contributed by atoms with Gasteiger partial charge in [-0.05, 0) is 19.1 Å². The van der Waals surface area contributed by atoms with Crippen molar-refractivity contribution in [3.05, 3.63) is 24.3 Å². The van der Waals surface area contributed by atoms with Crippen LogP contribution in [0.5, 0.6) is 5.75 Å². The molecule has 2 rings (SSSR count). The maximum atomic E-state index is 9.13. The van der Waals surface area contributed by atoms with Crippen LogP contribution in [0.2, 0.25) is 0 Å². The average Bonchev–Trinajstić information content (AvgIpc) is 2.40. The summed E-state index contributed by atoms with van der Waals surface area (Å²) >= 11 is 0. The molecule has 90 valence electrons. The van der Waals surface area contributed by atoms with Gasteiger partial charge in [0.25, 0.3) is 0 Å². The zero-order chi connectivity index (χ0) is 12.1. The summed E-state index contributed by atoms with van der Waals surface area (Å²) in [6.07, 6.45) is 0. The van der Waals surface area contributed by atoms with Crippen LogP contribution in [0.4, 0.5) is 5.69 Å². The Hall–Kier alpha value is -1.73. The number of ether oxygens (including phenoxy) is 2. The van der Waals surface area contributed by atoms with Gasteiger partial charge in [0.15, 0.2) is 0 Å². The smallest absolute Gasteiger partial charge is 0.142 e. The Bertz CT molecular complexity index is 414. The van der Waals surface area contributed by atoms with Gasteiger partial charge in [-0.15, -0.1) is 0 Å². The van der Waals surface area contributed by atoms with Crippen molar-refractivity contribution in [2.75, 3.05) is 31.3 Å². The lowest BCUT2D eigenvalue weighted by atomic mass is 10.2. The van der Waals surface area contributed by atoms with E-state index in [2.05, 4.69) is 11.0 Å². The molecule has 1 saturated heterocycles. The normalized spacial score (nSPS) is 19.8. The largest absolute Gasteiger partial charge is 0.492 e. The predicted octanol–water partition coefficient (Wildman–Crippen LogP) is 1.81. The Morgan fingerprint density at radius 2 is 2.35 bits per heavy atom. The van der Waals surface area contributed by atoms with Crippen LogP contribution in [0.15, 0.2) is 24.3 Å². The second-order valence-electron chi connectivity index (χ2n) is 3.81. The molecule has 1 atom stereocenters. The van der Waals surface area contributed by atoms with Gasteiger partial charge in [-0.1, -0.05) is 12.1 Å². The molecule has 0 N–H and O–H groups in total. The fourth-order valence-electron chi connectivity index (χ4n) is 1.97. The summed E-state index contributed by atoms with van der Waals surface area (Å²) in [6, 6.07) is 9.86. The van der Waals surface area contributed by atoms with Crippen LogP contribution in [-0.4, -0.2) is 32.4 Å². The second-order valence-corrected chi connectivity index (χ2v) is 3.81. The Labute approximate surface area is 101 Å². The summed E-state index contributed by atoms with van der Waals surface area (Å²) in [5.74, 6) is 0.831. The minimum absolute atomic E-state index is 0.231. The number of para-hydroxylation sites is 2. The molecule has 4 nitrogen and oxygen atoms in total. The van der Waals surface area contributed by atoms with E-state index in [1.54, 1.807) is 0 Å². The molecule has 1 aliphatic heterocycles. The number of rotatable bonds is 3. The monoisotopic (exact) mass is 232 g/mol. The number of nitrogens with zero attached hydrogens (tertiary/aromatic N) is 2. The Morgan fingerprint density at radius 3 is 3.12 bits per heavy atom. The number of hydrogen-bond donors (Lipinski definition) is 0. The highest BCUT2D eigenvalue weighted by molar-refractivity contribution is 5.60. The molecule has 0 amide bonds. The summed E-state index contributed by atoms with van der Waals surface area (Å²) < 4.78 is 10.9. The van der Waals surface area contributed by atoms with Gasteiger partial charge in [0, 0.05) is 6.54 Å². The van der Waals surface area contributed by atoms with Crippen molar-refractivity contribution in [3.8, 4) is 11.8 Å². The van der Waals surface area contributed by atoms with Crippen molar-refractivity contribution in [2.24, 2.45) is 0 Å². The van der Waals surface area contributed by atoms with E-state index in [0.29, 0.717) is 19.8 Å². The third kappa shape index (κ3) is 2.51. The first kappa shape index (κ1) is 11.7. The fraction of sp³-hybridized carbons (Fsp3) is 0.462. The van der Waals surface area contributed by atoms with Gasteiger partial charge in [0.05, 0.1) is 31.6 Å². The number of morpholine rings is 1. The average molecular weight is 232 g/mol. The minimum atomic E-state index is -0.231. The lowest BCUT2D eigenvalue weighted by Crippen LogP contribution is -2.44. The Balaban J connectivity index is 2.28. The zero-order valence-electron chi connectivity index (χ0n) is 9.93. The van der Waals surface area contributed by atoms with E-state index < -0.39 is 0 Å². The van der Waals surface area contributed by atoms with Gasteiger partial charge in [-0.3, -0.25) is 0 Å². The van der Waals surface area contributed by atoms with Gasteiger partial charge in [0.1, 0.15) is 11.8 Å². The topological polar surface area (TPSA) is 45.5 Å². The summed E-state index contributed by atoms with van der Waals surface area (Å²) in [7, 11) is 0. The molecular formula is C13H16N2O2. The van der Waals surface area contributed by atoms with E-state index >= 15 is 0 Å². The van der Waals surface area contributed by atoms with E-state index in [-0.39, 0.29) is 6.04 Å². The fourth-order valence-corrected chi connectivity index (χ4v) is 1.97. The molecular weight excluding hydrogens is 216 g/mol. The first-order valence-corrected chi connectivity index (χ1v) is 5.82. The van der Waals surface area contributed by atoms with E-state index in [0.717, 1.165) is 18.0 Å². The van der Waals surface area contributed by atoms with Crippen molar-refractivity contribution in [3.63, 3.8) is 0 Å². The van der Waals surface area contributed by atoms with E-state index in [4.69, 9.17) is 14.7 Å². The van der Waals surface area contributed by atoms with Crippen molar-refractivity contribution >= 4 is 5.69 Å². The van der Waals surface area contributed by atoms with Gasteiger partial charge in [-0.2, -0.15) is 5.26 Å². The molecule has 0 aromatic heterocycles. The molecule has 4 heteroatoms. The minimum Gasteiger partial charge on any atom is -0.492 e. The van der Waals surface area contributed by atoms with Crippen LogP contribution in [0.3, 0.4) is 0 Å². The van der Waals surface area contributed by atoms with Crippen molar-refractivity contribution in [1.29, 1.82) is 5.26 Å². The third-order valence-corrected chi connectivity index (χ3v) is 2.75. The highest BCUT2D eigenvalue weighted by Crippen LogP contribution is 2.30. The number of nitriles is 1. The lowest BCUT2D eigenvalue weighted by molar-refractivity contribution is 0.107. The molecule has 0 spiro atoms. The molecule has 1 aromatic carbocycles. The van der Waals surface area contributed by atoms with E-state index in [1.807, 2.05) is 31.2 Å². The molecule has 0 saturated carbocycles. The second kappa shape index (κ2) is 5.55. The quantitative estimate of drug-likeness (QED) is 0.797. The molecule has 17 heavy (non-hydrogen) atoms. The molecule has 1 aliphatic rings. The van der Waals surface area contributed by atoms with Crippen LogP contribution in [-0.2, 0) is 4.74 Å². The summed E-state index contributed by atoms with van der Waals surface area (Å²) in [5.41, 5.74) is 0.976. The van der Waals surface area contributed by atoms with Crippen molar-refractivity contribution < 1.29 is 9.47 Å². The molecule has 0 radical (unpaired) electrons. The van der Waals surface area contributed by atoms with Gasteiger partial charge < -0.3 is 14.4 Å². The van der Waals surface area contributed by atoms with E-state index in [9.17, 15) is 0 Å². The standard InChI is InChI=1S/C13H16N2O2/c1-2-17-13-6-4-3-5-12(13)15-7-8-16-10-11(15)9-14/h3-6,11H,2,7-8,10H2,1H3. The lowest BCUT2D eigenvalue weighted by Gasteiger charge is -2.34. The highest BCUT2D eigenvalue weighted by Gasteiger charge is 2.24. The molecule has 0 aliphatic carbocycles. The third-order valence-electron chi connectivity index (χ3n) is 2.75. The van der Waals surface area contributed by atoms with Crippen LogP contribution in [0, 0.1) is 11.3 Å². The van der Waals surface area contributed by atoms with Gasteiger partial charge in [-0.25, -0.2) is 0 Å². The van der Waals surface area contributed by atoms with Crippen LogP contribution < -0.4 is 9.64 Å². The van der Waals surface area contributed by atoms with E-state index in [1.165, 1.54) is 0 Å². The first-order chi connectivity index (χ1) is 8.36. The molecule has 1 aromatic rings. The predicted molar refractivity (Wildman–Crippen MR) is 65.2 cm³/mol. The maximum Gasteiger partial charge on any atom is 0.142 e. The summed E-state index contributed by atoms with van der Waals surface area (Å²) in [5, 5.41) is 9.13. The highest BCUT2D eigenvalue weighted by atomic mass is 16.5. The molecule has 0 bridgehead atoms. The zero-order valence-corrected chi connectivity index (χ0v) is 9.93. The number of hydrogen-bond acceptors (Lipinski definition) is 4. The number of benzene rings is 1. The SMILES string of the molecule is CCOc1ccccc1N1CCOCC1C#N. The Morgan fingerprint density at radius 1 is 1.53 bits per heavy atom. The number of anilines is 1. The molecule has 1 unspecified atom stereocenters. The van der Waals surface area contributed by atoms with Crippen LogP contribution in [0.25, 0.3) is 0 Å². The Kier molecular flexibility index (Phi) is 3.84. The molecule has 1 heterocycles. The van der Waals surface area contributed by atoms with Crippen LogP contribution >= 0.6 is 0 Å². The van der Waals surface area contributed by atoms with Crippen molar-refractivity contribution in [1.82, 2.24) is 0 Å². The summed E-state index contributed by atoms with van der Waals surface area (Å²) in [6.45, 7) is 4.41. The van der Waals surface area contributed by atoms with Crippen LogP contribution in [0.1, 0.15) is 6.92 Å².